The van der Waals surface area contributed by atoms with Crippen LogP contribution in [0.4, 0.5) is 0 Å². The van der Waals surface area contributed by atoms with Gasteiger partial charge in [-0.15, -0.1) is 11.3 Å². The highest BCUT2D eigenvalue weighted by atomic mass is 32.1. The molecule has 2 heterocycles. The van der Waals surface area contributed by atoms with Gasteiger partial charge < -0.3 is 5.11 Å². The second-order valence-corrected chi connectivity index (χ2v) is 5.20. The number of hydrogen-bond donors (Lipinski definition) is 1. The zero-order valence-electron chi connectivity index (χ0n) is 10.2. The van der Waals surface area contributed by atoms with Gasteiger partial charge in [0.1, 0.15) is 0 Å². The summed E-state index contributed by atoms with van der Waals surface area (Å²) in [7, 11) is 0. The molecule has 1 N–H and O–H groups in total. The molecule has 0 aliphatic heterocycles. The number of carboxylic acid groups (broad SMARTS) is 1. The number of aryl methyl sites for hydroxylation is 1. The van der Waals surface area contributed by atoms with Crippen LogP contribution in [0.3, 0.4) is 0 Å². The van der Waals surface area contributed by atoms with E-state index in [0.29, 0.717) is 6.54 Å². The zero-order valence-corrected chi connectivity index (χ0v) is 11.1. The Bertz CT molecular complexity index is 685. The molecule has 0 aliphatic carbocycles. The van der Waals surface area contributed by atoms with Crippen LogP contribution in [-0.4, -0.2) is 20.9 Å². The molecule has 2 aromatic heterocycles. The molecule has 0 bridgehead atoms. The minimum Gasteiger partial charge on any atom is -0.478 e. The van der Waals surface area contributed by atoms with Gasteiger partial charge in [-0.25, -0.2) is 9.48 Å². The lowest BCUT2D eigenvalue weighted by atomic mass is 10.3. The van der Waals surface area contributed by atoms with Crippen molar-refractivity contribution < 1.29 is 9.90 Å². The first-order valence-electron chi connectivity index (χ1n) is 5.58. The molecule has 19 heavy (non-hydrogen) atoms. The maximum absolute atomic E-state index is 11.7. The molecule has 2 rings (SSSR count). The highest BCUT2D eigenvalue weighted by Crippen LogP contribution is 2.18. The van der Waals surface area contributed by atoms with Gasteiger partial charge in [0.05, 0.1) is 12.7 Å². The van der Waals surface area contributed by atoms with Gasteiger partial charge in [-0.2, -0.15) is 5.10 Å². The molecular formula is C13H12N2O3S. The van der Waals surface area contributed by atoms with Gasteiger partial charge in [0.15, 0.2) is 0 Å². The van der Waals surface area contributed by atoms with Gasteiger partial charge >= 0.3 is 5.97 Å². The molecule has 0 aromatic carbocycles. The predicted molar refractivity (Wildman–Crippen MR) is 73.3 cm³/mol. The van der Waals surface area contributed by atoms with Gasteiger partial charge in [0.2, 0.25) is 0 Å². The van der Waals surface area contributed by atoms with Crippen LogP contribution in [0.25, 0.3) is 6.08 Å². The first-order chi connectivity index (χ1) is 9.04. The van der Waals surface area contributed by atoms with Gasteiger partial charge in [-0.3, -0.25) is 4.79 Å². The summed E-state index contributed by atoms with van der Waals surface area (Å²) in [6, 6.07) is 5.21. The van der Waals surface area contributed by atoms with Crippen LogP contribution < -0.4 is 5.56 Å². The Balaban J connectivity index is 2.16. The zero-order chi connectivity index (χ0) is 13.8. The fourth-order valence-corrected chi connectivity index (χ4v) is 2.41. The number of nitrogens with zero attached hydrogens (tertiary/aromatic N) is 2. The third-order valence-corrected chi connectivity index (χ3v) is 3.42. The topological polar surface area (TPSA) is 72.2 Å². The lowest BCUT2D eigenvalue weighted by Crippen LogP contribution is -2.22. The Morgan fingerprint density at radius 1 is 1.53 bits per heavy atom. The Labute approximate surface area is 113 Å². The van der Waals surface area contributed by atoms with E-state index in [-0.39, 0.29) is 5.56 Å². The molecule has 0 radical (unpaired) electrons. The highest BCUT2D eigenvalue weighted by molar-refractivity contribution is 7.12. The predicted octanol–water partition coefficient (Wildman–Crippen LogP) is 1.76. The van der Waals surface area contributed by atoms with E-state index in [1.54, 1.807) is 6.20 Å². The molecule has 0 saturated carbocycles. The number of thiophene rings is 1. The maximum Gasteiger partial charge on any atom is 0.328 e. The van der Waals surface area contributed by atoms with Crippen LogP contribution >= 0.6 is 11.3 Å². The summed E-state index contributed by atoms with van der Waals surface area (Å²) in [6.07, 6.45) is 4.26. The van der Waals surface area contributed by atoms with Crippen LogP contribution in [0, 0.1) is 6.92 Å². The molecule has 0 saturated heterocycles. The lowest BCUT2D eigenvalue weighted by Gasteiger charge is -2.01. The van der Waals surface area contributed by atoms with Crippen molar-refractivity contribution in [2.24, 2.45) is 0 Å². The quantitative estimate of drug-likeness (QED) is 0.864. The summed E-state index contributed by atoms with van der Waals surface area (Å²) >= 11 is 1.43. The number of hydrogen-bond acceptors (Lipinski definition) is 4. The summed E-state index contributed by atoms with van der Waals surface area (Å²) < 4.78 is 1.38. The van der Waals surface area contributed by atoms with Crippen molar-refractivity contribution in [1.82, 2.24) is 9.78 Å². The van der Waals surface area contributed by atoms with Crippen molar-refractivity contribution in [3.8, 4) is 0 Å². The summed E-state index contributed by atoms with van der Waals surface area (Å²) in [6.45, 7) is 2.21. The van der Waals surface area contributed by atoms with Gasteiger partial charge in [-0.1, -0.05) is 0 Å². The second kappa shape index (κ2) is 5.62. The van der Waals surface area contributed by atoms with Crippen molar-refractivity contribution in [3.05, 3.63) is 56.1 Å². The van der Waals surface area contributed by atoms with Crippen LogP contribution in [0.15, 0.2) is 35.3 Å². The van der Waals surface area contributed by atoms with Crippen molar-refractivity contribution in [2.45, 2.75) is 13.5 Å². The SMILES string of the molecule is Cc1cnn(Cc2ccc(/C=C/C(=O)O)s2)c(=O)c1. The number of aromatic nitrogens is 2. The second-order valence-electron chi connectivity index (χ2n) is 4.00. The Morgan fingerprint density at radius 2 is 2.32 bits per heavy atom. The molecule has 0 atom stereocenters. The van der Waals surface area contributed by atoms with Crippen molar-refractivity contribution >= 4 is 23.4 Å². The summed E-state index contributed by atoms with van der Waals surface area (Å²) in [5.41, 5.74) is 0.688. The minimum absolute atomic E-state index is 0.143. The fourth-order valence-electron chi connectivity index (χ4n) is 1.51. The monoisotopic (exact) mass is 276 g/mol. The van der Waals surface area contributed by atoms with Gasteiger partial charge in [0.25, 0.3) is 5.56 Å². The molecule has 98 valence electrons. The molecule has 0 fully saturated rings. The van der Waals surface area contributed by atoms with Crippen molar-refractivity contribution in [2.75, 3.05) is 0 Å². The fraction of sp³-hybridized carbons (Fsp3) is 0.154. The third-order valence-electron chi connectivity index (χ3n) is 2.38. The third kappa shape index (κ3) is 3.62. The summed E-state index contributed by atoms with van der Waals surface area (Å²) in [4.78, 5) is 23.9. The number of rotatable bonds is 4. The van der Waals surface area contributed by atoms with Crippen molar-refractivity contribution in [3.63, 3.8) is 0 Å². The van der Waals surface area contributed by atoms with Crippen LogP contribution in [0.5, 0.6) is 0 Å². The van der Waals surface area contributed by atoms with Crippen LogP contribution in [0.1, 0.15) is 15.3 Å². The van der Waals surface area contributed by atoms with E-state index in [0.717, 1.165) is 21.4 Å². The first kappa shape index (κ1) is 13.2. The normalized spacial score (nSPS) is 11.0. The average molecular weight is 276 g/mol. The van der Waals surface area contributed by atoms with E-state index < -0.39 is 5.97 Å². The van der Waals surface area contributed by atoms with E-state index >= 15 is 0 Å². The number of aliphatic carboxylic acids is 1. The molecule has 2 aromatic rings. The molecule has 5 nitrogen and oxygen atoms in total. The molecule has 0 aliphatic rings. The van der Waals surface area contributed by atoms with Gasteiger partial charge in [0, 0.05) is 21.9 Å². The smallest absolute Gasteiger partial charge is 0.328 e. The Hall–Kier alpha value is -2.21. The first-order valence-corrected chi connectivity index (χ1v) is 6.40. The molecule has 0 spiro atoms. The van der Waals surface area contributed by atoms with Gasteiger partial charge in [-0.05, 0) is 30.7 Å². The van der Waals surface area contributed by atoms with E-state index in [9.17, 15) is 9.59 Å². The Kier molecular flexibility index (Phi) is 3.91. The summed E-state index contributed by atoms with van der Waals surface area (Å²) in [5.74, 6) is -0.980. The molecular weight excluding hydrogens is 264 g/mol. The van der Waals surface area contributed by atoms with E-state index in [2.05, 4.69) is 5.10 Å². The molecule has 0 unspecified atom stereocenters. The lowest BCUT2D eigenvalue weighted by molar-refractivity contribution is -0.131. The van der Waals surface area contributed by atoms with Crippen LogP contribution in [-0.2, 0) is 11.3 Å². The standard InChI is InChI=1S/C13H12N2O3S/c1-9-6-12(16)15(14-7-9)8-11-3-2-10(19-11)4-5-13(17)18/h2-7H,8H2,1H3,(H,17,18)/b5-4+. The Morgan fingerprint density at radius 3 is 3.00 bits per heavy atom. The minimum atomic E-state index is -0.980. The molecule has 0 amide bonds. The van der Waals surface area contributed by atoms with Crippen molar-refractivity contribution in [1.29, 1.82) is 0 Å². The average Bonchev–Trinajstić information content (AvgIpc) is 2.78. The van der Waals surface area contributed by atoms with E-state index in [1.165, 1.54) is 28.2 Å². The highest BCUT2D eigenvalue weighted by Gasteiger charge is 2.02. The maximum atomic E-state index is 11.7. The number of carbonyl (C=O) groups is 1. The van der Waals surface area contributed by atoms with Crippen LogP contribution in [0.2, 0.25) is 0 Å². The van der Waals surface area contributed by atoms with E-state index in [1.807, 2.05) is 19.1 Å². The van der Waals surface area contributed by atoms with E-state index in [4.69, 9.17) is 5.11 Å². The number of carboxylic acids is 1. The molecule has 6 heteroatoms. The summed E-state index contributed by atoms with van der Waals surface area (Å²) in [5, 5.41) is 12.6. The largest absolute Gasteiger partial charge is 0.478 e.